The van der Waals surface area contributed by atoms with Gasteiger partial charge in [-0.25, -0.2) is 4.79 Å². The van der Waals surface area contributed by atoms with Gasteiger partial charge in [0.15, 0.2) is 11.4 Å². The Bertz CT molecular complexity index is 928. The SMILES string of the molecule is CCCc1cc(=O)oc2c(C(=O)C(C)C)c(O)c(CC=C(C)C)c(O)c12. The lowest BCUT2D eigenvalue weighted by molar-refractivity contribution is 0.0937. The van der Waals surface area contributed by atoms with Crippen LogP contribution in [0.25, 0.3) is 11.0 Å². The predicted molar refractivity (Wildman–Crippen MR) is 102 cm³/mol. The number of hydrogen-bond acceptors (Lipinski definition) is 5. The van der Waals surface area contributed by atoms with E-state index in [0.717, 1.165) is 12.0 Å². The van der Waals surface area contributed by atoms with Crippen molar-refractivity contribution >= 4 is 16.8 Å². The molecule has 140 valence electrons. The lowest BCUT2D eigenvalue weighted by Gasteiger charge is -2.17. The van der Waals surface area contributed by atoms with Gasteiger partial charge in [-0.3, -0.25) is 4.79 Å². The van der Waals surface area contributed by atoms with Gasteiger partial charge < -0.3 is 14.6 Å². The molecule has 2 aromatic rings. The van der Waals surface area contributed by atoms with E-state index >= 15 is 0 Å². The molecule has 1 aromatic heterocycles. The third-order valence-corrected chi connectivity index (χ3v) is 4.32. The minimum absolute atomic E-state index is 0.0278. The van der Waals surface area contributed by atoms with Crippen LogP contribution < -0.4 is 5.63 Å². The monoisotopic (exact) mass is 358 g/mol. The number of phenols is 2. The third kappa shape index (κ3) is 3.66. The van der Waals surface area contributed by atoms with Gasteiger partial charge in [0.25, 0.3) is 0 Å². The van der Waals surface area contributed by atoms with Gasteiger partial charge in [-0.15, -0.1) is 0 Å². The fourth-order valence-electron chi connectivity index (χ4n) is 2.98. The maximum absolute atomic E-state index is 12.7. The molecule has 1 heterocycles. The Morgan fingerprint density at radius 1 is 1.23 bits per heavy atom. The van der Waals surface area contributed by atoms with Gasteiger partial charge >= 0.3 is 5.63 Å². The number of rotatable bonds is 6. The molecule has 0 atom stereocenters. The van der Waals surface area contributed by atoms with Crippen molar-refractivity contribution in [2.75, 3.05) is 0 Å². The number of benzene rings is 1. The summed E-state index contributed by atoms with van der Waals surface area (Å²) in [6, 6.07) is 1.34. The van der Waals surface area contributed by atoms with Crippen LogP contribution in [0.15, 0.2) is 26.9 Å². The summed E-state index contributed by atoms with van der Waals surface area (Å²) >= 11 is 0. The summed E-state index contributed by atoms with van der Waals surface area (Å²) in [6.45, 7) is 9.21. The Hall–Kier alpha value is -2.56. The van der Waals surface area contributed by atoms with Gasteiger partial charge in [0.2, 0.25) is 0 Å². The van der Waals surface area contributed by atoms with Gasteiger partial charge in [-0.05, 0) is 32.3 Å². The Labute approximate surface area is 153 Å². The van der Waals surface area contributed by atoms with Gasteiger partial charge in [-0.1, -0.05) is 38.8 Å². The Morgan fingerprint density at radius 2 is 1.88 bits per heavy atom. The maximum atomic E-state index is 12.7. The summed E-state index contributed by atoms with van der Waals surface area (Å²) in [5.41, 5.74) is 1.25. The minimum atomic E-state index is -0.602. The van der Waals surface area contributed by atoms with Gasteiger partial charge in [0.05, 0.1) is 5.39 Å². The fraction of sp³-hybridized carbons (Fsp3) is 0.429. The summed E-state index contributed by atoms with van der Waals surface area (Å²) < 4.78 is 5.28. The number of fused-ring (bicyclic) bond motifs is 1. The normalized spacial score (nSPS) is 11.2. The van der Waals surface area contributed by atoms with Gasteiger partial charge in [0.1, 0.15) is 17.1 Å². The number of carbonyl (C=O) groups is 1. The second-order valence-corrected chi connectivity index (χ2v) is 7.10. The molecule has 26 heavy (non-hydrogen) atoms. The van der Waals surface area contributed by atoms with Crippen molar-refractivity contribution in [3.05, 3.63) is 44.8 Å². The molecular formula is C21H26O5. The van der Waals surface area contributed by atoms with Crippen LogP contribution in [-0.2, 0) is 12.8 Å². The van der Waals surface area contributed by atoms with Crippen LogP contribution >= 0.6 is 0 Å². The summed E-state index contributed by atoms with van der Waals surface area (Å²) in [4.78, 5) is 24.7. The molecule has 0 aliphatic carbocycles. The van der Waals surface area contributed by atoms with E-state index in [2.05, 4.69) is 0 Å². The number of ketones is 1. The van der Waals surface area contributed by atoms with Crippen LogP contribution in [0.1, 0.15) is 62.5 Å². The number of aryl methyl sites for hydroxylation is 1. The summed E-state index contributed by atoms with van der Waals surface area (Å²) in [5, 5.41) is 21.9. The predicted octanol–water partition coefficient (Wildman–Crippen LogP) is 4.50. The average Bonchev–Trinajstić information content (AvgIpc) is 2.53. The Morgan fingerprint density at radius 3 is 2.42 bits per heavy atom. The van der Waals surface area contributed by atoms with Crippen LogP contribution in [0.2, 0.25) is 0 Å². The van der Waals surface area contributed by atoms with Crippen molar-refractivity contribution in [2.24, 2.45) is 5.92 Å². The molecular weight excluding hydrogens is 332 g/mol. The largest absolute Gasteiger partial charge is 0.507 e. The van der Waals surface area contributed by atoms with E-state index in [0.29, 0.717) is 17.4 Å². The molecule has 0 radical (unpaired) electrons. The smallest absolute Gasteiger partial charge is 0.336 e. The molecule has 0 saturated heterocycles. The molecule has 0 amide bonds. The number of Topliss-reactive ketones (excluding diaryl/α,β-unsaturated/α-hetero) is 1. The zero-order valence-corrected chi connectivity index (χ0v) is 16.0. The van der Waals surface area contributed by atoms with E-state index in [1.165, 1.54) is 6.07 Å². The first kappa shape index (κ1) is 19.8. The van der Waals surface area contributed by atoms with Gasteiger partial charge in [-0.2, -0.15) is 0 Å². The second kappa shape index (κ2) is 7.77. The zero-order chi connectivity index (χ0) is 19.6. The number of allylic oxidation sites excluding steroid dienone is 2. The van der Waals surface area contributed by atoms with E-state index in [1.54, 1.807) is 13.8 Å². The zero-order valence-electron chi connectivity index (χ0n) is 16.0. The van der Waals surface area contributed by atoms with Crippen molar-refractivity contribution in [1.82, 2.24) is 0 Å². The number of carbonyl (C=O) groups excluding carboxylic acids is 1. The first-order valence-electron chi connectivity index (χ1n) is 8.90. The molecule has 0 bridgehead atoms. The van der Waals surface area contributed by atoms with E-state index in [4.69, 9.17) is 4.42 Å². The molecule has 0 aliphatic heterocycles. The van der Waals surface area contributed by atoms with E-state index in [-0.39, 0.29) is 40.4 Å². The van der Waals surface area contributed by atoms with Crippen molar-refractivity contribution in [2.45, 2.75) is 53.9 Å². The van der Waals surface area contributed by atoms with Crippen LogP contribution in [0.3, 0.4) is 0 Å². The number of hydrogen-bond donors (Lipinski definition) is 2. The summed E-state index contributed by atoms with van der Waals surface area (Å²) in [7, 11) is 0. The standard InChI is InChI=1S/C21H26O5/c1-6-7-13-10-15(22)26-21-16(13)19(24)14(9-8-11(2)3)20(25)17(21)18(23)12(4)5/h8,10,12,24-25H,6-7,9H2,1-5H3. The lowest BCUT2D eigenvalue weighted by atomic mass is 9.91. The van der Waals surface area contributed by atoms with Crippen LogP contribution in [-0.4, -0.2) is 16.0 Å². The van der Waals surface area contributed by atoms with Crippen LogP contribution in [0, 0.1) is 5.92 Å². The van der Waals surface area contributed by atoms with E-state index < -0.39 is 11.5 Å². The topological polar surface area (TPSA) is 87.7 Å². The van der Waals surface area contributed by atoms with Gasteiger partial charge in [0, 0.05) is 17.5 Å². The molecule has 5 nitrogen and oxygen atoms in total. The molecule has 0 saturated carbocycles. The number of aromatic hydroxyl groups is 2. The summed E-state index contributed by atoms with van der Waals surface area (Å²) in [5.74, 6) is -1.18. The summed E-state index contributed by atoms with van der Waals surface area (Å²) in [6.07, 6.45) is 3.45. The average molecular weight is 358 g/mol. The van der Waals surface area contributed by atoms with Crippen molar-refractivity contribution in [3.8, 4) is 11.5 Å². The first-order chi connectivity index (χ1) is 12.2. The first-order valence-corrected chi connectivity index (χ1v) is 8.90. The second-order valence-electron chi connectivity index (χ2n) is 7.10. The van der Waals surface area contributed by atoms with Crippen molar-refractivity contribution < 1.29 is 19.4 Å². The van der Waals surface area contributed by atoms with E-state index in [1.807, 2.05) is 26.8 Å². The highest BCUT2D eigenvalue weighted by Gasteiger charge is 2.27. The highest BCUT2D eigenvalue weighted by Crippen LogP contribution is 2.42. The quantitative estimate of drug-likeness (QED) is 0.451. The molecule has 0 spiro atoms. The fourth-order valence-corrected chi connectivity index (χ4v) is 2.98. The maximum Gasteiger partial charge on any atom is 0.336 e. The molecule has 0 fully saturated rings. The Kier molecular flexibility index (Phi) is 5.90. The molecule has 5 heteroatoms. The third-order valence-electron chi connectivity index (χ3n) is 4.32. The molecule has 2 rings (SSSR count). The highest BCUT2D eigenvalue weighted by atomic mass is 16.4. The molecule has 0 unspecified atom stereocenters. The van der Waals surface area contributed by atoms with Crippen molar-refractivity contribution in [3.63, 3.8) is 0 Å². The van der Waals surface area contributed by atoms with Crippen molar-refractivity contribution in [1.29, 1.82) is 0 Å². The Balaban J connectivity index is 3.00. The molecule has 0 aliphatic rings. The molecule has 2 N–H and O–H groups in total. The lowest BCUT2D eigenvalue weighted by Crippen LogP contribution is -2.12. The van der Waals surface area contributed by atoms with E-state index in [9.17, 15) is 19.8 Å². The highest BCUT2D eigenvalue weighted by molar-refractivity contribution is 6.11. The van der Waals surface area contributed by atoms with Crippen LogP contribution in [0.5, 0.6) is 11.5 Å². The molecule has 1 aromatic carbocycles. The number of phenolic OH excluding ortho intramolecular Hbond substituents is 2. The van der Waals surface area contributed by atoms with Crippen LogP contribution in [0.4, 0.5) is 0 Å². The minimum Gasteiger partial charge on any atom is -0.507 e.